The molecule has 4 aromatic rings. The third kappa shape index (κ3) is 9.60. The summed E-state index contributed by atoms with van der Waals surface area (Å²) in [6.07, 6.45) is -4.67. The van der Waals surface area contributed by atoms with Crippen molar-refractivity contribution in [3.05, 3.63) is 130 Å². The number of halogens is 4. The van der Waals surface area contributed by atoms with Gasteiger partial charge in [-0.2, -0.15) is 13.2 Å². The van der Waals surface area contributed by atoms with Crippen LogP contribution < -0.4 is 9.62 Å². The van der Waals surface area contributed by atoms with E-state index in [-0.39, 0.29) is 29.5 Å². The smallest absolute Gasteiger partial charge is 0.354 e. The summed E-state index contributed by atoms with van der Waals surface area (Å²) >= 11 is 6.10. The Hall–Kier alpha value is -4.35. The van der Waals surface area contributed by atoms with Gasteiger partial charge in [0.25, 0.3) is 10.0 Å². The van der Waals surface area contributed by atoms with Crippen LogP contribution in [0.3, 0.4) is 0 Å². The highest BCUT2D eigenvalue weighted by atomic mass is 35.5. The summed E-state index contributed by atoms with van der Waals surface area (Å²) in [5.41, 5.74) is 0.687. The Morgan fingerprint density at radius 3 is 2.10 bits per heavy atom. The van der Waals surface area contributed by atoms with E-state index in [0.29, 0.717) is 27.5 Å². The van der Waals surface area contributed by atoms with Gasteiger partial charge in [0, 0.05) is 24.5 Å². The average Bonchev–Trinajstić information content (AvgIpc) is 3.05. The van der Waals surface area contributed by atoms with Crippen molar-refractivity contribution in [2.75, 3.05) is 17.4 Å². The number of nitrogens with one attached hydrogen (secondary N) is 1. The molecule has 0 fully saturated rings. The van der Waals surface area contributed by atoms with Crippen molar-refractivity contribution in [3.63, 3.8) is 0 Å². The molecule has 1 atom stereocenters. The summed E-state index contributed by atoms with van der Waals surface area (Å²) in [7, 11) is -4.57. The molecule has 12 heteroatoms. The molecule has 0 aliphatic heterocycles. The monoisotopic (exact) mass is 699 g/mol. The van der Waals surface area contributed by atoms with E-state index in [9.17, 15) is 31.2 Å². The van der Waals surface area contributed by atoms with Gasteiger partial charge < -0.3 is 10.2 Å². The molecule has 0 saturated heterocycles. The Labute approximate surface area is 284 Å². The largest absolute Gasteiger partial charge is 0.416 e. The molecule has 0 heterocycles. The van der Waals surface area contributed by atoms with Gasteiger partial charge in [-0.25, -0.2) is 8.42 Å². The van der Waals surface area contributed by atoms with Crippen molar-refractivity contribution < 1.29 is 31.2 Å². The van der Waals surface area contributed by atoms with E-state index in [1.807, 2.05) is 32.0 Å². The van der Waals surface area contributed by atoms with Gasteiger partial charge in [0.1, 0.15) is 12.6 Å². The summed E-state index contributed by atoms with van der Waals surface area (Å²) < 4.78 is 70.3. The molecule has 1 N–H and O–H groups in total. The summed E-state index contributed by atoms with van der Waals surface area (Å²) in [6, 6.07) is 24.1. The van der Waals surface area contributed by atoms with Gasteiger partial charge in [-0.3, -0.25) is 13.9 Å². The third-order valence-corrected chi connectivity index (χ3v) is 9.61. The summed E-state index contributed by atoms with van der Waals surface area (Å²) in [5, 5.41) is 3.34. The Morgan fingerprint density at radius 2 is 1.50 bits per heavy atom. The third-order valence-electron chi connectivity index (χ3n) is 7.57. The minimum atomic E-state index is -4.77. The van der Waals surface area contributed by atoms with Crippen LogP contribution in [0.4, 0.5) is 18.9 Å². The standard InChI is InChI=1S/C36H37ClF3N3O4S/c1-25(2)22-41-35(45)33(20-27-8-5-4-6-9-27)42(23-28-14-16-30(37)17-15-28)34(44)24-43(31-11-7-10-29(21-31)36(38,39)40)48(46,47)32-18-12-26(3)13-19-32/h4-19,21,25,33H,20,22-24H2,1-3H3,(H,41,45)/t33-/m0/s1. The first kappa shape index (κ1) is 36.5. The molecule has 4 rings (SSSR count). The second kappa shape index (κ2) is 15.7. The van der Waals surface area contributed by atoms with Crippen molar-refractivity contribution in [2.45, 2.75) is 50.9 Å². The Kier molecular flexibility index (Phi) is 11.9. The van der Waals surface area contributed by atoms with Crippen LogP contribution in [0.2, 0.25) is 5.02 Å². The number of carbonyl (C=O) groups excluding carboxylic acids is 2. The molecule has 0 aliphatic rings. The van der Waals surface area contributed by atoms with Crippen molar-refractivity contribution in [3.8, 4) is 0 Å². The lowest BCUT2D eigenvalue weighted by molar-refractivity contribution is -0.140. The number of alkyl halides is 3. The second-order valence-corrected chi connectivity index (χ2v) is 14.2. The van der Waals surface area contributed by atoms with Crippen LogP contribution in [0.25, 0.3) is 0 Å². The molecule has 0 unspecified atom stereocenters. The molecule has 254 valence electrons. The van der Waals surface area contributed by atoms with Crippen molar-refractivity contribution in [1.82, 2.24) is 10.2 Å². The van der Waals surface area contributed by atoms with Crippen LogP contribution in [0.1, 0.15) is 36.1 Å². The summed E-state index contributed by atoms with van der Waals surface area (Å²) in [5.74, 6) is -1.15. The quantitative estimate of drug-likeness (QED) is 0.159. The zero-order chi connectivity index (χ0) is 35.1. The molecule has 7 nitrogen and oxygen atoms in total. The van der Waals surface area contributed by atoms with E-state index < -0.39 is 46.2 Å². The molecule has 4 aromatic carbocycles. The van der Waals surface area contributed by atoms with Crippen LogP contribution in [0, 0.1) is 12.8 Å². The van der Waals surface area contributed by atoms with E-state index in [0.717, 1.165) is 23.3 Å². The van der Waals surface area contributed by atoms with Crippen LogP contribution in [-0.2, 0) is 38.8 Å². The van der Waals surface area contributed by atoms with Gasteiger partial charge in [-0.15, -0.1) is 0 Å². The van der Waals surface area contributed by atoms with Crippen molar-refractivity contribution in [2.24, 2.45) is 5.92 Å². The van der Waals surface area contributed by atoms with E-state index in [4.69, 9.17) is 11.6 Å². The van der Waals surface area contributed by atoms with E-state index in [1.54, 1.807) is 55.5 Å². The van der Waals surface area contributed by atoms with E-state index >= 15 is 0 Å². The predicted molar refractivity (Wildman–Crippen MR) is 181 cm³/mol. The maximum atomic E-state index is 14.5. The van der Waals surface area contributed by atoms with E-state index in [2.05, 4.69) is 5.32 Å². The number of hydrogen-bond donors (Lipinski definition) is 1. The number of amides is 2. The number of nitrogens with zero attached hydrogens (tertiary/aromatic N) is 2. The normalized spacial score (nSPS) is 12.4. The number of carbonyl (C=O) groups is 2. The number of benzene rings is 4. The van der Waals surface area contributed by atoms with Gasteiger partial charge in [-0.05, 0) is 66.4 Å². The summed E-state index contributed by atoms with van der Waals surface area (Å²) in [4.78, 5) is 29.4. The zero-order valence-corrected chi connectivity index (χ0v) is 28.3. The second-order valence-electron chi connectivity index (χ2n) is 11.9. The fraction of sp³-hybridized carbons (Fsp3) is 0.278. The van der Waals surface area contributed by atoms with Gasteiger partial charge in [0.05, 0.1) is 16.1 Å². The number of sulfonamides is 1. The average molecular weight is 700 g/mol. The lowest BCUT2D eigenvalue weighted by Crippen LogP contribution is -2.53. The SMILES string of the molecule is Cc1ccc(S(=O)(=O)N(CC(=O)N(Cc2ccc(Cl)cc2)[C@@H](Cc2ccccc2)C(=O)NCC(C)C)c2cccc(C(F)(F)F)c2)cc1. The van der Waals surface area contributed by atoms with Gasteiger partial charge in [0.2, 0.25) is 11.8 Å². The molecule has 0 saturated carbocycles. The molecule has 0 spiro atoms. The lowest BCUT2D eigenvalue weighted by atomic mass is 10.0. The van der Waals surface area contributed by atoms with Crippen LogP contribution in [0.15, 0.2) is 108 Å². The van der Waals surface area contributed by atoms with Gasteiger partial charge in [0.15, 0.2) is 0 Å². The molecule has 0 radical (unpaired) electrons. The first-order valence-corrected chi connectivity index (χ1v) is 17.1. The first-order valence-electron chi connectivity index (χ1n) is 15.3. The minimum absolute atomic E-state index is 0.0956. The van der Waals surface area contributed by atoms with Crippen LogP contribution in [-0.4, -0.2) is 44.3 Å². The number of aryl methyl sites for hydroxylation is 1. The number of anilines is 1. The first-order chi connectivity index (χ1) is 22.6. The highest BCUT2D eigenvalue weighted by Gasteiger charge is 2.36. The molecule has 0 aromatic heterocycles. The zero-order valence-electron chi connectivity index (χ0n) is 26.7. The number of hydrogen-bond acceptors (Lipinski definition) is 4. The van der Waals surface area contributed by atoms with Crippen LogP contribution in [0.5, 0.6) is 0 Å². The van der Waals surface area contributed by atoms with Crippen molar-refractivity contribution >= 4 is 39.1 Å². The maximum absolute atomic E-state index is 14.5. The van der Waals surface area contributed by atoms with Crippen LogP contribution >= 0.6 is 11.6 Å². The molecule has 48 heavy (non-hydrogen) atoms. The Bertz CT molecular complexity index is 1800. The molecule has 0 bridgehead atoms. The molecular formula is C36H37ClF3N3O4S. The Morgan fingerprint density at radius 1 is 0.854 bits per heavy atom. The number of rotatable bonds is 13. The van der Waals surface area contributed by atoms with Gasteiger partial charge >= 0.3 is 6.18 Å². The predicted octanol–water partition coefficient (Wildman–Crippen LogP) is 7.27. The fourth-order valence-electron chi connectivity index (χ4n) is 4.97. The maximum Gasteiger partial charge on any atom is 0.416 e. The lowest BCUT2D eigenvalue weighted by Gasteiger charge is -2.34. The van der Waals surface area contributed by atoms with Crippen molar-refractivity contribution in [1.29, 1.82) is 0 Å². The summed E-state index contributed by atoms with van der Waals surface area (Å²) in [6.45, 7) is 4.94. The van der Waals surface area contributed by atoms with Gasteiger partial charge in [-0.1, -0.05) is 91.7 Å². The molecule has 0 aliphatic carbocycles. The molecular weight excluding hydrogens is 663 g/mol. The Balaban J connectivity index is 1.84. The van der Waals surface area contributed by atoms with E-state index in [1.165, 1.54) is 23.1 Å². The highest BCUT2D eigenvalue weighted by molar-refractivity contribution is 7.92. The fourth-order valence-corrected chi connectivity index (χ4v) is 6.50. The highest BCUT2D eigenvalue weighted by Crippen LogP contribution is 2.33. The molecule has 2 amide bonds. The minimum Gasteiger partial charge on any atom is -0.354 e. The topological polar surface area (TPSA) is 86.8 Å².